The van der Waals surface area contributed by atoms with Crippen LogP contribution in [-0.4, -0.2) is 27.8 Å². The molecule has 1 aromatic heterocycles. The summed E-state index contributed by atoms with van der Waals surface area (Å²) in [6, 6.07) is 10.8. The van der Waals surface area contributed by atoms with E-state index < -0.39 is 17.8 Å². The van der Waals surface area contributed by atoms with Crippen molar-refractivity contribution in [2.24, 2.45) is 0 Å². The Morgan fingerprint density at radius 3 is 2.26 bits per heavy atom. The minimum Gasteiger partial charge on any atom is -0.324 e. The van der Waals surface area contributed by atoms with Crippen molar-refractivity contribution >= 4 is 17.8 Å². The molecule has 2 amide bonds. The summed E-state index contributed by atoms with van der Waals surface area (Å²) < 4.78 is 0. The predicted octanol–water partition coefficient (Wildman–Crippen LogP) is 1.63. The normalized spacial score (nSPS) is 12.8. The molecule has 0 saturated heterocycles. The first-order valence-corrected chi connectivity index (χ1v) is 6.61. The molecule has 0 spiro atoms. The van der Waals surface area contributed by atoms with E-state index in [-0.39, 0.29) is 28.1 Å². The highest BCUT2D eigenvalue weighted by atomic mass is 16.7. The zero-order chi connectivity index (χ0) is 16.6. The molecule has 23 heavy (non-hydrogen) atoms. The van der Waals surface area contributed by atoms with E-state index >= 15 is 0 Å². The Hall–Kier alpha value is -3.53. The Kier molecular flexibility index (Phi) is 3.35. The van der Waals surface area contributed by atoms with Gasteiger partial charge in [0.05, 0.1) is 22.4 Å². The summed E-state index contributed by atoms with van der Waals surface area (Å²) in [5.74, 6) is -2.29. The maximum Gasteiger partial charge on any atom is 0.365 e. The van der Waals surface area contributed by atoms with Gasteiger partial charge in [0, 0.05) is 0 Å². The zero-order valence-electron chi connectivity index (χ0n) is 11.9. The number of benzene rings is 1. The van der Waals surface area contributed by atoms with Crippen molar-refractivity contribution in [2.45, 2.75) is 6.92 Å². The maximum absolute atomic E-state index is 12.2. The number of carbonyl (C=O) groups is 3. The first-order chi connectivity index (χ1) is 11.0. The first-order valence-electron chi connectivity index (χ1n) is 6.61. The van der Waals surface area contributed by atoms with Crippen molar-refractivity contribution in [3.05, 3.63) is 64.5 Å². The van der Waals surface area contributed by atoms with Gasteiger partial charge in [-0.25, -0.2) is 9.78 Å². The lowest BCUT2D eigenvalue weighted by molar-refractivity contribution is -0.0585. The van der Waals surface area contributed by atoms with E-state index in [1.807, 2.05) is 6.07 Å². The van der Waals surface area contributed by atoms with Crippen molar-refractivity contribution in [1.82, 2.24) is 10.0 Å². The number of aromatic nitrogens is 1. The minimum absolute atomic E-state index is 0.0700. The molecule has 1 aliphatic rings. The summed E-state index contributed by atoms with van der Waals surface area (Å²) in [6.07, 6.45) is 0. The van der Waals surface area contributed by atoms with Gasteiger partial charge in [-0.1, -0.05) is 17.2 Å². The smallest absolute Gasteiger partial charge is 0.324 e. The lowest BCUT2D eigenvalue weighted by atomic mass is 10.1. The summed E-state index contributed by atoms with van der Waals surface area (Å²) in [6.45, 7) is 1.53. The van der Waals surface area contributed by atoms with E-state index in [2.05, 4.69) is 4.98 Å². The maximum atomic E-state index is 12.2. The number of aryl methyl sites for hydroxylation is 1. The van der Waals surface area contributed by atoms with Gasteiger partial charge in [-0.15, -0.1) is 0 Å². The number of carbonyl (C=O) groups excluding carboxylic acids is 3. The SMILES string of the molecule is Cc1nc(C#N)ccc1C(=O)ON1C(=O)c2ccccc2C1=O. The molecule has 7 nitrogen and oxygen atoms in total. The number of hydroxylamine groups is 2. The number of fused-ring (bicyclic) bond motifs is 1. The first kappa shape index (κ1) is 14.4. The van der Waals surface area contributed by atoms with Crippen LogP contribution in [0, 0.1) is 18.3 Å². The fraction of sp³-hybridized carbons (Fsp3) is 0.0625. The third kappa shape index (κ3) is 2.32. The van der Waals surface area contributed by atoms with Gasteiger partial charge in [0.25, 0.3) is 11.8 Å². The third-order valence-corrected chi connectivity index (χ3v) is 3.35. The summed E-state index contributed by atoms with van der Waals surface area (Å²) in [4.78, 5) is 45.3. The van der Waals surface area contributed by atoms with Gasteiger partial charge < -0.3 is 4.84 Å². The highest BCUT2D eigenvalue weighted by Crippen LogP contribution is 2.23. The number of imide groups is 1. The zero-order valence-corrected chi connectivity index (χ0v) is 11.9. The molecule has 0 bridgehead atoms. The highest BCUT2D eigenvalue weighted by Gasteiger charge is 2.39. The van der Waals surface area contributed by atoms with Crippen LogP contribution in [0.25, 0.3) is 0 Å². The van der Waals surface area contributed by atoms with E-state index in [1.165, 1.54) is 31.2 Å². The van der Waals surface area contributed by atoms with Crippen molar-refractivity contribution in [3.63, 3.8) is 0 Å². The van der Waals surface area contributed by atoms with Crippen LogP contribution in [0.1, 0.15) is 42.5 Å². The average Bonchev–Trinajstić information content (AvgIpc) is 2.80. The van der Waals surface area contributed by atoms with E-state index in [0.717, 1.165) is 0 Å². The van der Waals surface area contributed by atoms with Crippen LogP contribution in [0.2, 0.25) is 0 Å². The van der Waals surface area contributed by atoms with Crippen LogP contribution < -0.4 is 0 Å². The largest absolute Gasteiger partial charge is 0.365 e. The van der Waals surface area contributed by atoms with Crippen LogP contribution in [0.15, 0.2) is 36.4 Å². The van der Waals surface area contributed by atoms with Crippen LogP contribution in [0.3, 0.4) is 0 Å². The second-order valence-electron chi connectivity index (χ2n) is 4.77. The highest BCUT2D eigenvalue weighted by molar-refractivity contribution is 6.21. The molecule has 0 aliphatic carbocycles. The molecule has 2 aromatic rings. The summed E-state index contributed by atoms with van der Waals surface area (Å²) in [5, 5.41) is 9.20. The van der Waals surface area contributed by atoms with Gasteiger partial charge in [-0.05, 0) is 31.2 Å². The Morgan fingerprint density at radius 1 is 1.13 bits per heavy atom. The van der Waals surface area contributed by atoms with Crippen LogP contribution >= 0.6 is 0 Å². The molecule has 0 fully saturated rings. The number of pyridine rings is 1. The van der Waals surface area contributed by atoms with Crippen LogP contribution in [-0.2, 0) is 4.84 Å². The van der Waals surface area contributed by atoms with E-state index in [9.17, 15) is 14.4 Å². The monoisotopic (exact) mass is 307 g/mol. The Labute approximate surface area is 130 Å². The van der Waals surface area contributed by atoms with E-state index in [0.29, 0.717) is 5.06 Å². The number of rotatable bonds is 2. The minimum atomic E-state index is -0.894. The molecule has 0 atom stereocenters. The Balaban J connectivity index is 1.86. The molecule has 0 radical (unpaired) electrons. The lowest BCUT2D eigenvalue weighted by Crippen LogP contribution is -2.33. The van der Waals surface area contributed by atoms with Gasteiger partial charge in [0.2, 0.25) is 0 Å². The Morgan fingerprint density at radius 2 is 1.74 bits per heavy atom. The molecule has 112 valence electrons. The fourth-order valence-electron chi connectivity index (χ4n) is 2.22. The predicted molar refractivity (Wildman–Crippen MR) is 76.0 cm³/mol. The van der Waals surface area contributed by atoms with E-state index in [4.69, 9.17) is 10.1 Å². The van der Waals surface area contributed by atoms with Gasteiger partial charge in [-0.2, -0.15) is 5.26 Å². The van der Waals surface area contributed by atoms with Gasteiger partial charge in [-0.3, -0.25) is 9.59 Å². The number of amides is 2. The van der Waals surface area contributed by atoms with Crippen LogP contribution in [0.5, 0.6) is 0 Å². The van der Waals surface area contributed by atoms with Crippen molar-refractivity contribution < 1.29 is 19.2 Å². The lowest BCUT2D eigenvalue weighted by Gasteiger charge is -2.13. The quantitative estimate of drug-likeness (QED) is 0.782. The number of hydrogen-bond donors (Lipinski definition) is 0. The number of nitriles is 1. The van der Waals surface area contributed by atoms with E-state index in [1.54, 1.807) is 12.1 Å². The van der Waals surface area contributed by atoms with Crippen molar-refractivity contribution in [2.75, 3.05) is 0 Å². The fourth-order valence-corrected chi connectivity index (χ4v) is 2.22. The second kappa shape index (κ2) is 5.35. The third-order valence-electron chi connectivity index (χ3n) is 3.35. The van der Waals surface area contributed by atoms with Crippen LogP contribution in [0.4, 0.5) is 0 Å². The molecular formula is C16H9N3O4. The Bertz CT molecular complexity index is 863. The molecule has 2 heterocycles. The molecule has 0 unspecified atom stereocenters. The molecule has 7 heteroatoms. The second-order valence-corrected chi connectivity index (χ2v) is 4.77. The molecule has 1 aliphatic heterocycles. The molecular weight excluding hydrogens is 298 g/mol. The summed E-state index contributed by atoms with van der Waals surface area (Å²) in [5.41, 5.74) is 0.853. The van der Waals surface area contributed by atoms with Gasteiger partial charge in [0.15, 0.2) is 0 Å². The average molecular weight is 307 g/mol. The molecule has 0 N–H and O–H groups in total. The van der Waals surface area contributed by atoms with Gasteiger partial charge in [0.1, 0.15) is 11.8 Å². The number of hydrogen-bond acceptors (Lipinski definition) is 6. The summed E-state index contributed by atoms with van der Waals surface area (Å²) in [7, 11) is 0. The van der Waals surface area contributed by atoms with Crippen molar-refractivity contribution in [3.8, 4) is 6.07 Å². The standard InChI is InChI=1S/C16H9N3O4/c1-9-11(7-6-10(8-17)18-9)16(22)23-19-14(20)12-4-2-3-5-13(12)15(19)21/h2-7H,1H3. The summed E-state index contributed by atoms with van der Waals surface area (Å²) >= 11 is 0. The number of nitrogens with zero attached hydrogens (tertiary/aromatic N) is 3. The molecule has 3 rings (SSSR count). The van der Waals surface area contributed by atoms with Gasteiger partial charge >= 0.3 is 5.97 Å². The molecule has 1 aromatic carbocycles. The van der Waals surface area contributed by atoms with Crippen molar-refractivity contribution in [1.29, 1.82) is 5.26 Å². The molecule has 0 saturated carbocycles. The topological polar surface area (TPSA) is 100 Å².